The number of allylic oxidation sites excluding steroid dienone is 2. The van der Waals surface area contributed by atoms with Crippen molar-refractivity contribution in [2.75, 3.05) is 13.2 Å². The number of carbonyl (C=O) groups excluding carboxylic acids is 4. The molecule has 3 unspecified atom stereocenters. The van der Waals surface area contributed by atoms with E-state index < -0.39 is 94.2 Å². The van der Waals surface area contributed by atoms with E-state index in [1.807, 2.05) is 0 Å². The van der Waals surface area contributed by atoms with Crippen LogP contribution in [-0.2, 0) is 38.1 Å². The lowest BCUT2D eigenvalue weighted by molar-refractivity contribution is -0.340. The summed E-state index contributed by atoms with van der Waals surface area (Å²) in [6.45, 7) is 15.9. The molecule has 2 saturated carbocycles. The summed E-state index contributed by atoms with van der Waals surface area (Å²) in [5.74, 6) is -8.28. The Hall–Kier alpha value is -2.80. The molecule has 2 bridgehead atoms. The molecule has 48 heavy (non-hydrogen) atoms. The predicted octanol–water partition coefficient (Wildman–Crippen LogP) is 3.64. The first-order valence-electron chi connectivity index (χ1n) is 17.2. The van der Waals surface area contributed by atoms with Crippen LogP contribution in [0.1, 0.15) is 80.6 Å². The van der Waals surface area contributed by atoms with Crippen LogP contribution in [0.2, 0.25) is 0 Å². The molecule has 0 aromatic heterocycles. The molecule has 4 fully saturated rings. The zero-order chi connectivity index (χ0) is 35.6. The normalized spacial score (nSPS) is 40.0. The zero-order valence-electron chi connectivity index (χ0n) is 29.1. The van der Waals surface area contributed by atoms with E-state index >= 15 is 0 Å². The highest BCUT2D eigenvalue weighted by Gasteiger charge is 2.84. The Labute approximate surface area is 282 Å². The van der Waals surface area contributed by atoms with Gasteiger partial charge in [-0.25, -0.2) is 9.59 Å². The minimum atomic E-state index is -2.22. The summed E-state index contributed by atoms with van der Waals surface area (Å²) in [6.07, 6.45) is -1.27. The molecule has 5 rings (SSSR count). The predicted molar refractivity (Wildman–Crippen MR) is 170 cm³/mol. The first kappa shape index (κ1) is 36.5. The molecule has 2 heterocycles. The second kappa shape index (κ2) is 12.8. The molecule has 11 atom stereocenters. The van der Waals surface area contributed by atoms with Crippen LogP contribution < -0.4 is 0 Å². The first-order valence-corrected chi connectivity index (χ1v) is 17.2. The number of ketones is 1. The van der Waals surface area contributed by atoms with Crippen molar-refractivity contribution >= 4 is 23.9 Å². The van der Waals surface area contributed by atoms with Gasteiger partial charge in [0.1, 0.15) is 12.2 Å². The Morgan fingerprint density at radius 1 is 1.17 bits per heavy atom. The molecule has 12 nitrogen and oxygen atoms in total. The van der Waals surface area contributed by atoms with Gasteiger partial charge in [-0.3, -0.25) is 9.59 Å². The highest BCUT2D eigenvalue weighted by Crippen LogP contribution is 2.74. The van der Waals surface area contributed by atoms with Gasteiger partial charge in [0.05, 0.1) is 25.2 Å². The van der Waals surface area contributed by atoms with Gasteiger partial charge in [-0.15, -0.1) is 6.58 Å². The average molecular weight is 677 g/mol. The third-order valence-electron chi connectivity index (χ3n) is 12.5. The number of rotatable bonds is 11. The van der Waals surface area contributed by atoms with E-state index in [2.05, 4.69) is 6.58 Å². The van der Waals surface area contributed by atoms with Crippen LogP contribution in [-0.4, -0.2) is 88.2 Å². The maximum atomic E-state index is 13.8. The molecular formula is C36H52O12. The second-order valence-corrected chi connectivity index (χ2v) is 15.6. The number of hydrogen-bond acceptors (Lipinski definition) is 12. The summed E-state index contributed by atoms with van der Waals surface area (Å²) < 4.78 is 29.2. The van der Waals surface area contributed by atoms with E-state index in [-0.39, 0.29) is 37.9 Å². The van der Waals surface area contributed by atoms with E-state index in [0.717, 1.165) is 12.8 Å². The van der Waals surface area contributed by atoms with Crippen molar-refractivity contribution in [2.24, 2.45) is 46.3 Å². The standard InChI is InChI=1S/C36H52O12/c1-9-10-11-12-13-44-32(41)48-29-23(37)14-20(6)22-15-24-34-17-45-36(43,31(34)33(22,29)8)28(39)21(7)26(34)27(30(40)46-24)47-25(38)16-35(42,18(2)3)19(4)5/h9,14,18-19,21-22,24,26-29,31,39,42-43H,1,10-13,15-17H2,2-8H3/t21-,22+,24-,26?,27?,28-,29-,31?,33-,34+,36+/m1/s1. The minimum absolute atomic E-state index is 0.0785. The number of hydrogen-bond donors (Lipinski definition) is 3. The van der Waals surface area contributed by atoms with Crippen LogP contribution in [0.3, 0.4) is 0 Å². The summed E-state index contributed by atoms with van der Waals surface area (Å²) in [4.78, 5) is 54.0. The maximum Gasteiger partial charge on any atom is 0.509 e. The van der Waals surface area contributed by atoms with Crippen LogP contribution >= 0.6 is 0 Å². The SMILES string of the molecule is C=CCCCCOC(=O)O[C@@H]1C(=O)C=C(C)[C@@H]2C[C@H]3OC(=O)C(OC(=O)CC(O)(C(C)C)C(C)C)C4[C@@H](C)[C@@H](O)[C@]5(O)OC[C@@]43C5[C@@]12C. The van der Waals surface area contributed by atoms with Gasteiger partial charge in [-0.2, -0.15) is 0 Å². The molecule has 0 aromatic rings. The van der Waals surface area contributed by atoms with Gasteiger partial charge in [0, 0.05) is 22.7 Å². The first-order chi connectivity index (χ1) is 22.4. The summed E-state index contributed by atoms with van der Waals surface area (Å²) in [5.41, 5.74) is -3.35. The largest absolute Gasteiger partial charge is 0.509 e. The molecule has 3 N–H and O–H groups in total. The molecule has 3 aliphatic carbocycles. The lowest BCUT2D eigenvalue weighted by Gasteiger charge is -2.68. The van der Waals surface area contributed by atoms with E-state index in [9.17, 15) is 34.5 Å². The molecule has 5 aliphatic rings. The third-order valence-corrected chi connectivity index (χ3v) is 12.5. The van der Waals surface area contributed by atoms with Crippen molar-refractivity contribution in [3.05, 3.63) is 24.3 Å². The van der Waals surface area contributed by atoms with Gasteiger partial charge < -0.3 is 39.0 Å². The van der Waals surface area contributed by atoms with Crippen molar-refractivity contribution in [3.8, 4) is 0 Å². The number of ether oxygens (including phenoxy) is 5. The Balaban J connectivity index is 1.54. The van der Waals surface area contributed by atoms with Crippen molar-refractivity contribution < 1.29 is 58.2 Å². The Morgan fingerprint density at radius 3 is 2.46 bits per heavy atom. The summed E-state index contributed by atoms with van der Waals surface area (Å²) in [7, 11) is 0. The molecular weight excluding hydrogens is 624 g/mol. The Kier molecular flexibility index (Phi) is 9.75. The minimum Gasteiger partial charge on any atom is -0.459 e. The van der Waals surface area contributed by atoms with E-state index in [0.29, 0.717) is 12.0 Å². The van der Waals surface area contributed by atoms with E-state index in [1.165, 1.54) is 6.08 Å². The summed E-state index contributed by atoms with van der Waals surface area (Å²) in [5, 5.41) is 35.4. The molecule has 2 aliphatic heterocycles. The summed E-state index contributed by atoms with van der Waals surface area (Å²) >= 11 is 0. The van der Waals surface area contributed by atoms with Gasteiger partial charge >= 0.3 is 18.1 Å². The number of unbranched alkanes of at least 4 members (excludes halogenated alkanes) is 2. The van der Waals surface area contributed by atoms with Crippen molar-refractivity contribution in [3.63, 3.8) is 0 Å². The maximum absolute atomic E-state index is 13.8. The zero-order valence-corrected chi connectivity index (χ0v) is 29.1. The average Bonchev–Trinajstić information content (AvgIpc) is 3.29. The quantitative estimate of drug-likeness (QED) is 0.126. The monoisotopic (exact) mass is 676 g/mol. The Bertz CT molecular complexity index is 1350. The third kappa shape index (κ3) is 5.32. The fourth-order valence-corrected chi connectivity index (χ4v) is 10.1. The number of aliphatic hydroxyl groups excluding tert-OH is 1. The molecule has 1 spiro atoms. The lowest BCUT2D eigenvalue weighted by atomic mass is 9.38. The smallest absolute Gasteiger partial charge is 0.459 e. The highest BCUT2D eigenvalue weighted by molar-refractivity contribution is 5.97. The van der Waals surface area contributed by atoms with Crippen molar-refractivity contribution in [2.45, 2.75) is 116 Å². The van der Waals surface area contributed by atoms with E-state index in [1.54, 1.807) is 54.5 Å². The highest BCUT2D eigenvalue weighted by atomic mass is 16.7. The molecule has 2 saturated heterocycles. The van der Waals surface area contributed by atoms with Crippen LogP contribution in [0.25, 0.3) is 0 Å². The second-order valence-electron chi connectivity index (χ2n) is 15.6. The van der Waals surface area contributed by atoms with Gasteiger partial charge in [-0.1, -0.05) is 53.2 Å². The number of carbonyl (C=O) groups is 4. The fourth-order valence-electron chi connectivity index (χ4n) is 10.1. The molecule has 268 valence electrons. The Morgan fingerprint density at radius 2 is 1.83 bits per heavy atom. The van der Waals surface area contributed by atoms with Crippen LogP contribution in [0, 0.1) is 46.3 Å². The fraction of sp³-hybridized carbons (Fsp3) is 0.778. The molecule has 0 amide bonds. The van der Waals surface area contributed by atoms with Crippen LogP contribution in [0.4, 0.5) is 4.79 Å². The molecule has 12 heteroatoms. The number of aliphatic hydroxyl groups is 3. The van der Waals surface area contributed by atoms with Gasteiger partial charge in [-0.05, 0) is 62.4 Å². The van der Waals surface area contributed by atoms with Gasteiger partial charge in [0.25, 0.3) is 0 Å². The van der Waals surface area contributed by atoms with Crippen molar-refractivity contribution in [1.82, 2.24) is 0 Å². The van der Waals surface area contributed by atoms with Crippen LogP contribution in [0.5, 0.6) is 0 Å². The summed E-state index contributed by atoms with van der Waals surface area (Å²) in [6, 6.07) is 0. The van der Waals surface area contributed by atoms with E-state index in [4.69, 9.17) is 23.7 Å². The molecule has 0 aromatic carbocycles. The van der Waals surface area contributed by atoms with Crippen molar-refractivity contribution in [1.29, 1.82) is 0 Å². The van der Waals surface area contributed by atoms with Crippen LogP contribution in [0.15, 0.2) is 24.3 Å². The topological polar surface area (TPSA) is 175 Å². The number of fused-ring (bicyclic) bond motifs is 1. The number of esters is 2. The molecule has 0 radical (unpaired) electrons. The lowest BCUT2D eigenvalue weighted by Crippen LogP contribution is -2.78. The van der Waals surface area contributed by atoms with Gasteiger partial charge in [0.15, 0.2) is 17.7 Å². The van der Waals surface area contributed by atoms with Gasteiger partial charge in [0.2, 0.25) is 6.10 Å².